The van der Waals surface area contributed by atoms with Gasteiger partial charge in [0.2, 0.25) is 0 Å². The average molecular weight is 232 g/mol. The molecule has 2 heteroatoms. The molecule has 2 nitrogen and oxygen atoms in total. The second-order valence-electron chi connectivity index (χ2n) is 3.28. The second kappa shape index (κ2) is 9.28. The van der Waals surface area contributed by atoms with Crippen LogP contribution in [0, 0.1) is 0 Å². The maximum atomic E-state index is 9.82. The van der Waals surface area contributed by atoms with Gasteiger partial charge in [0, 0.05) is 11.1 Å². The van der Waals surface area contributed by atoms with Crippen LogP contribution in [0.5, 0.6) is 0 Å². The van der Waals surface area contributed by atoms with Crippen LogP contribution in [-0.4, -0.2) is 10.2 Å². The summed E-state index contributed by atoms with van der Waals surface area (Å²) in [6, 6.07) is 0. The lowest BCUT2D eigenvalue weighted by Crippen LogP contribution is -1.92. The van der Waals surface area contributed by atoms with Crippen molar-refractivity contribution in [1.29, 1.82) is 0 Å². The third kappa shape index (κ3) is 5.61. The highest BCUT2D eigenvalue weighted by Gasteiger charge is 2.06. The smallest absolute Gasteiger partial charge is 0.123 e. The summed E-state index contributed by atoms with van der Waals surface area (Å²) in [6.45, 7) is 7.40. The quantitative estimate of drug-likeness (QED) is 0.522. The van der Waals surface area contributed by atoms with Crippen molar-refractivity contribution >= 4 is 0 Å². The Balaban J connectivity index is 5.24. The summed E-state index contributed by atoms with van der Waals surface area (Å²) in [5.41, 5.74) is 1.15. The average Bonchev–Trinajstić information content (AvgIpc) is 2.33. The largest absolute Gasteiger partial charge is 0.515 e. The first-order valence-corrected chi connectivity index (χ1v) is 5.57. The molecule has 0 amide bonds. The van der Waals surface area contributed by atoms with Crippen LogP contribution in [0.25, 0.3) is 0 Å². The van der Waals surface area contributed by atoms with Crippen molar-refractivity contribution in [3.63, 3.8) is 0 Å². The lowest BCUT2D eigenvalue weighted by Gasteiger charge is -2.06. The van der Waals surface area contributed by atoms with Gasteiger partial charge < -0.3 is 10.2 Å². The van der Waals surface area contributed by atoms with Crippen LogP contribution in [0.1, 0.15) is 20.3 Å². The number of aliphatic hydroxyl groups is 2. The summed E-state index contributed by atoms with van der Waals surface area (Å²) in [5.74, 6) is 0.0901. The molecule has 0 aromatic rings. The molecule has 0 aromatic heterocycles. The monoisotopic (exact) mass is 232 g/mol. The van der Waals surface area contributed by atoms with Crippen LogP contribution in [0.3, 0.4) is 0 Å². The molecule has 0 aliphatic heterocycles. The van der Waals surface area contributed by atoms with E-state index < -0.39 is 0 Å². The zero-order valence-electron chi connectivity index (χ0n) is 10.4. The highest BCUT2D eigenvalue weighted by molar-refractivity contribution is 5.49. The van der Waals surface area contributed by atoms with Crippen molar-refractivity contribution in [3.8, 4) is 0 Å². The summed E-state index contributed by atoms with van der Waals surface area (Å²) < 4.78 is 0. The van der Waals surface area contributed by atoms with E-state index >= 15 is 0 Å². The molecule has 0 radical (unpaired) electrons. The Bertz CT molecular complexity index is 380. The third-order valence-electron chi connectivity index (χ3n) is 1.99. The molecular weight excluding hydrogens is 212 g/mol. The lowest BCUT2D eigenvalue weighted by atomic mass is 10.0. The number of hydrogen-bond donors (Lipinski definition) is 2. The number of aliphatic hydroxyl groups excluding tert-OH is 2. The van der Waals surface area contributed by atoms with Gasteiger partial charge in [0.05, 0.1) is 6.26 Å². The molecule has 0 aliphatic carbocycles. The molecule has 0 bridgehead atoms. The molecule has 17 heavy (non-hydrogen) atoms. The Hall–Kier alpha value is -1.96. The number of allylic oxidation sites excluding steroid dienone is 8. The summed E-state index contributed by atoms with van der Waals surface area (Å²) >= 11 is 0. The first kappa shape index (κ1) is 15.0. The van der Waals surface area contributed by atoms with E-state index in [2.05, 4.69) is 6.58 Å². The Labute approximate surface area is 103 Å². The van der Waals surface area contributed by atoms with Gasteiger partial charge in [-0.15, -0.1) is 0 Å². The molecule has 0 saturated heterocycles. The highest BCUT2D eigenvalue weighted by Crippen LogP contribution is 2.19. The van der Waals surface area contributed by atoms with Gasteiger partial charge in [0.25, 0.3) is 0 Å². The number of hydrogen-bond acceptors (Lipinski definition) is 2. The SMILES string of the molecule is C=C\C=C(O)/C(=C\CC)C(/C=C\C=C/C)=C/O. The second-order valence-corrected chi connectivity index (χ2v) is 3.28. The van der Waals surface area contributed by atoms with E-state index in [9.17, 15) is 10.2 Å². The van der Waals surface area contributed by atoms with Gasteiger partial charge in [-0.2, -0.15) is 0 Å². The van der Waals surface area contributed by atoms with E-state index in [0.29, 0.717) is 11.1 Å². The van der Waals surface area contributed by atoms with Crippen LogP contribution in [0.4, 0.5) is 0 Å². The van der Waals surface area contributed by atoms with Crippen LogP contribution in [0.2, 0.25) is 0 Å². The zero-order chi connectivity index (χ0) is 13.1. The summed E-state index contributed by atoms with van der Waals surface area (Å²) in [5, 5.41) is 19.0. The summed E-state index contributed by atoms with van der Waals surface area (Å²) in [4.78, 5) is 0. The molecule has 0 rings (SSSR count). The summed E-state index contributed by atoms with van der Waals surface area (Å²) in [6.07, 6.45) is 13.8. The van der Waals surface area contributed by atoms with E-state index in [1.807, 2.05) is 32.1 Å². The van der Waals surface area contributed by atoms with Gasteiger partial charge >= 0.3 is 0 Å². The Morgan fingerprint density at radius 1 is 1.29 bits per heavy atom. The fraction of sp³-hybridized carbons (Fsp3) is 0.200. The maximum Gasteiger partial charge on any atom is 0.123 e. The minimum Gasteiger partial charge on any atom is -0.515 e. The number of rotatable bonds is 6. The molecule has 0 aromatic carbocycles. The van der Waals surface area contributed by atoms with E-state index in [1.165, 1.54) is 12.2 Å². The molecule has 0 saturated carbocycles. The van der Waals surface area contributed by atoms with Crippen molar-refractivity contribution in [2.45, 2.75) is 20.3 Å². The van der Waals surface area contributed by atoms with E-state index in [4.69, 9.17) is 0 Å². The first-order chi connectivity index (χ1) is 8.21. The molecule has 0 heterocycles. The highest BCUT2D eigenvalue weighted by atomic mass is 16.3. The van der Waals surface area contributed by atoms with Crippen molar-refractivity contribution < 1.29 is 10.2 Å². The fourth-order valence-electron chi connectivity index (χ4n) is 1.25. The van der Waals surface area contributed by atoms with Gasteiger partial charge in [-0.25, -0.2) is 0 Å². The minimum absolute atomic E-state index is 0.0901. The lowest BCUT2D eigenvalue weighted by molar-refractivity contribution is 0.422. The van der Waals surface area contributed by atoms with Gasteiger partial charge in [-0.05, 0) is 19.4 Å². The summed E-state index contributed by atoms with van der Waals surface area (Å²) in [7, 11) is 0. The molecule has 0 spiro atoms. The topological polar surface area (TPSA) is 40.5 Å². The molecule has 0 fully saturated rings. The normalized spacial score (nSPS) is 14.8. The van der Waals surface area contributed by atoms with Crippen LogP contribution >= 0.6 is 0 Å². The van der Waals surface area contributed by atoms with E-state index in [1.54, 1.807) is 12.2 Å². The molecule has 0 atom stereocenters. The maximum absolute atomic E-state index is 9.82. The van der Waals surface area contributed by atoms with Gasteiger partial charge in [0.15, 0.2) is 0 Å². The standard InChI is InChI=1S/C15H20O2/c1-4-7-8-11-13(12-16)14(9-5-2)15(17)10-6-3/h4,6-12,16-17H,3,5H2,1-2H3/b7-4-,11-8-,13-12+,14-9-,15-10+. The van der Waals surface area contributed by atoms with Crippen molar-refractivity contribution in [1.82, 2.24) is 0 Å². The van der Waals surface area contributed by atoms with Gasteiger partial charge in [0.1, 0.15) is 5.76 Å². The van der Waals surface area contributed by atoms with Crippen molar-refractivity contribution in [2.75, 3.05) is 0 Å². The molecule has 0 aliphatic rings. The minimum atomic E-state index is 0.0901. The Morgan fingerprint density at radius 3 is 2.47 bits per heavy atom. The van der Waals surface area contributed by atoms with Crippen LogP contribution in [0.15, 0.2) is 72.3 Å². The zero-order valence-corrected chi connectivity index (χ0v) is 10.4. The predicted molar refractivity (Wildman–Crippen MR) is 73.9 cm³/mol. The Morgan fingerprint density at radius 2 is 2.00 bits per heavy atom. The first-order valence-electron chi connectivity index (χ1n) is 5.57. The Kier molecular flexibility index (Phi) is 8.21. The van der Waals surface area contributed by atoms with E-state index in [-0.39, 0.29) is 5.76 Å². The van der Waals surface area contributed by atoms with Crippen molar-refractivity contribution in [2.24, 2.45) is 0 Å². The van der Waals surface area contributed by atoms with Crippen LogP contribution < -0.4 is 0 Å². The fourth-order valence-corrected chi connectivity index (χ4v) is 1.25. The van der Waals surface area contributed by atoms with Gasteiger partial charge in [-0.1, -0.05) is 50.0 Å². The van der Waals surface area contributed by atoms with E-state index in [0.717, 1.165) is 12.7 Å². The molecule has 0 unspecified atom stereocenters. The molecular formula is C15H20O2. The molecule has 2 N–H and O–H groups in total. The molecule has 92 valence electrons. The third-order valence-corrected chi connectivity index (χ3v) is 1.99. The van der Waals surface area contributed by atoms with Crippen LogP contribution in [-0.2, 0) is 0 Å². The predicted octanol–water partition coefficient (Wildman–Crippen LogP) is 4.52. The van der Waals surface area contributed by atoms with Gasteiger partial charge in [-0.3, -0.25) is 0 Å². The van der Waals surface area contributed by atoms with Crippen molar-refractivity contribution in [3.05, 3.63) is 72.3 Å².